The van der Waals surface area contributed by atoms with Gasteiger partial charge in [-0.3, -0.25) is 14.0 Å². The van der Waals surface area contributed by atoms with Crippen LogP contribution in [0.3, 0.4) is 0 Å². The second kappa shape index (κ2) is 7.71. The van der Waals surface area contributed by atoms with Crippen molar-refractivity contribution in [2.45, 2.75) is 26.2 Å². The number of amides is 2. The highest BCUT2D eigenvalue weighted by Gasteiger charge is 2.17. The highest BCUT2D eigenvalue weighted by atomic mass is 16.2. The highest BCUT2D eigenvalue weighted by molar-refractivity contribution is 6.12. The predicted octanol–water partition coefficient (Wildman–Crippen LogP) is 3.58. The number of aryl methyl sites for hydroxylation is 1. The first-order chi connectivity index (χ1) is 14.1. The van der Waals surface area contributed by atoms with E-state index in [-0.39, 0.29) is 11.6 Å². The average molecular weight is 387 g/mol. The van der Waals surface area contributed by atoms with Gasteiger partial charge >= 0.3 is 0 Å². The van der Waals surface area contributed by atoms with Gasteiger partial charge in [-0.2, -0.15) is 0 Å². The quantitative estimate of drug-likeness (QED) is 0.528. The number of carbonyl (C=O) groups is 2. The zero-order valence-electron chi connectivity index (χ0n) is 16.1. The van der Waals surface area contributed by atoms with Crippen molar-refractivity contribution in [3.05, 3.63) is 71.8 Å². The van der Waals surface area contributed by atoms with E-state index in [1.807, 2.05) is 42.5 Å². The summed E-state index contributed by atoms with van der Waals surface area (Å²) in [6.45, 7) is 2.09. The number of benzene rings is 2. The second-order valence-electron chi connectivity index (χ2n) is 6.87. The number of nitrogens with two attached hydrogens (primary N) is 1. The molecule has 0 spiro atoms. The summed E-state index contributed by atoms with van der Waals surface area (Å²) in [5.74, 6) is -0.400. The summed E-state index contributed by atoms with van der Waals surface area (Å²) in [7, 11) is 0. The molecule has 0 aliphatic carbocycles. The third-order valence-corrected chi connectivity index (χ3v) is 4.85. The van der Waals surface area contributed by atoms with Crippen molar-refractivity contribution >= 4 is 34.1 Å². The molecule has 0 bridgehead atoms. The van der Waals surface area contributed by atoms with Gasteiger partial charge in [0.25, 0.3) is 11.8 Å². The molecule has 0 saturated carbocycles. The Morgan fingerprint density at radius 1 is 1.14 bits per heavy atom. The molecule has 3 N–H and O–H groups in total. The molecule has 0 unspecified atom stereocenters. The Labute approximate surface area is 167 Å². The molecule has 0 aliphatic heterocycles. The van der Waals surface area contributed by atoms with Crippen LogP contribution >= 0.6 is 0 Å². The van der Waals surface area contributed by atoms with E-state index in [1.54, 1.807) is 10.5 Å². The molecule has 2 aromatic heterocycles. The van der Waals surface area contributed by atoms with Crippen molar-refractivity contribution in [1.82, 2.24) is 14.4 Å². The number of rotatable bonds is 6. The van der Waals surface area contributed by atoms with Crippen molar-refractivity contribution in [3.63, 3.8) is 0 Å². The summed E-state index contributed by atoms with van der Waals surface area (Å²) in [5.41, 5.74) is 7.21. The van der Waals surface area contributed by atoms with Gasteiger partial charge in [-0.25, -0.2) is 9.97 Å². The summed E-state index contributed by atoms with van der Waals surface area (Å²) in [4.78, 5) is 33.4. The lowest BCUT2D eigenvalue weighted by Gasteiger charge is -2.12. The number of imidazole rings is 1. The maximum Gasteiger partial charge on any atom is 0.271 e. The molecule has 7 nitrogen and oxygen atoms in total. The van der Waals surface area contributed by atoms with Gasteiger partial charge in [0.1, 0.15) is 12.1 Å². The van der Waals surface area contributed by atoms with Crippen molar-refractivity contribution in [3.8, 4) is 0 Å². The van der Waals surface area contributed by atoms with E-state index in [0.717, 1.165) is 35.7 Å². The minimum absolute atomic E-state index is 0.0870. The maximum atomic E-state index is 13.1. The number of aromatic nitrogens is 3. The highest BCUT2D eigenvalue weighted by Crippen LogP contribution is 2.22. The zero-order valence-corrected chi connectivity index (χ0v) is 16.1. The van der Waals surface area contributed by atoms with E-state index in [1.165, 1.54) is 6.33 Å². The smallest absolute Gasteiger partial charge is 0.271 e. The Kier molecular flexibility index (Phi) is 4.95. The third-order valence-electron chi connectivity index (χ3n) is 4.85. The number of anilines is 1. The summed E-state index contributed by atoms with van der Waals surface area (Å²) in [6, 6.07) is 15.2. The number of hydrogen-bond donors (Lipinski definition) is 2. The van der Waals surface area contributed by atoms with E-state index >= 15 is 0 Å². The number of hydrogen-bond acceptors (Lipinski definition) is 4. The monoisotopic (exact) mass is 387 g/mol. The SMILES string of the molecule is CCCCc1cc(NC(=O)c2cccc3ccccc23)n2cnc(C(N)=O)c2n1. The van der Waals surface area contributed by atoms with Crippen LogP contribution in [0.2, 0.25) is 0 Å². The minimum Gasteiger partial charge on any atom is -0.364 e. The molecule has 29 heavy (non-hydrogen) atoms. The van der Waals surface area contributed by atoms with E-state index in [9.17, 15) is 9.59 Å². The van der Waals surface area contributed by atoms with Crippen LogP contribution in [0, 0.1) is 0 Å². The van der Waals surface area contributed by atoms with Gasteiger partial charge in [0.05, 0.1) is 0 Å². The fourth-order valence-electron chi connectivity index (χ4n) is 3.38. The van der Waals surface area contributed by atoms with Gasteiger partial charge in [-0.05, 0) is 29.7 Å². The molecule has 0 saturated heterocycles. The van der Waals surface area contributed by atoms with Crippen LogP contribution in [0.4, 0.5) is 5.82 Å². The normalized spacial score (nSPS) is 11.1. The molecule has 0 radical (unpaired) electrons. The second-order valence-corrected chi connectivity index (χ2v) is 6.87. The molecular weight excluding hydrogens is 366 g/mol. The Balaban J connectivity index is 1.78. The fraction of sp³-hybridized carbons (Fsp3) is 0.182. The lowest BCUT2D eigenvalue weighted by molar-refractivity contribution is 0.0995. The summed E-state index contributed by atoms with van der Waals surface area (Å²) in [6.07, 6.45) is 4.13. The molecule has 0 aliphatic rings. The Hall–Kier alpha value is -3.74. The molecule has 4 aromatic rings. The Morgan fingerprint density at radius 2 is 1.93 bits per heavy atom. The van der Waals surface area contributed by atoms with Crippen LogP contribution in [-0.2, 0) is 6.42 Å². The third kappa shape index (κ3) is 3.54. The first-order valence-corrected chi connectivity index (χ1v) is 9.54. The van der Waals surface area contributed by atoms with Gasteiger partial charge < -0.3 is 11.1 Å². The van der Waals surface area contributed by atoms with Crippen LogP contribution in [0.15, 0.2) is 54.9 Å². The Bertz CT molecular complexity index is 1220. The van der Waals surface area contributed by atoms with Crippen LogP contribution in [-0.4, -0.2) is 26.2 Å². The first kappa shape index (κ1) is 18.6. The molecule has 2 aromatic carbocycles. The standard InChI is InChI=1S/C22H21N5O2/c1-2-3-9-15-12-18(27-13-24-19(20(23)28)21(27)25-15)26-22(29)17-11-6-8-14-7-4-5-10-16(14)17/h4-8,10-13H,2-3,9H2,1H3,(H2,23,28)(H,26,29). The molecule has 146 valence electrons. The van der Waals surface area contributed by atoms with Crippen molar-refractivity contribution in [1.29, 1.82) is 0 Å². The minimum atomic E-state index is -0.654. The molecule has 0 atom stereocenters. The number of nitrogens with one attached hydrogen (secondary N) is 1. The lowest BCUT2D eigenvalue weighted by atomic mass is 10.0. The average Bonchev–Trinajstić information content (AvgIpc) is 3.16. The molecule has 2 amide bonds. The van der Waals surface area contributed by atoms with Gasteiger partial charge in [0.2, 0.25) is 0 Å². The predicted molar refractivity (Wildman–Crippen MR) is 112 cm³/mol. The van der Waals surface area contributed by atoms with E-state index in [4.69, 9.17) is 5.73 Å². The number of unbranched alkanes of at least 4 members (excludes halogenated alkanes) is 1. The van der Waals surface area contributed by atoms with Gasteiger partial charge in [0, 0.05) is 17.3 Å². The van der Waals surface area contributed by atoms with E-state index in [0.29, 0.717) is 17.0 Å². The van der Waals surface area contributed by atoms with Crippen molar-refractivity contribution in [2.24, 2.45) is 5.73 Å². The van der Waals surface area contributed by atoms with Crippen LogP contribution in [0.25, 0.3) is 16.4 Å². The Morgan fingerprint density at radius 3 is 2.72 bits per heavy atom. The molecule has 7 heteroatoms. The largest absolute Gasteiger partial charge is 0.364 e. The lowest BCUT2D eigenvalue weighted by Crippen LogP contribution is -2.16. The number of carbonyl (C=O) groups excluding carboxylic acids is 2. The number of fused-ring (bicyclic) bond motifs is 2. The van der Waals surface area contributed by atoms with E-state index in [2.05, 4.69) is 22.2 Å². The van der Waals surface area contributed by atoms with Crippen molar-refractivity contribution < 1.29 is 9.59 Å². The van der Waals surface area contributed by atoms with Gasteiger partial charge in [-0.15, -0.1) is 0 Å². The summed E-state index contributed by atoms with van der Waals surface area (Å²) in [5, 5.41) is 4.81. The van der Waals surface area contributed by atoms with Crippen LogP contribution < -0.4 is 11.1 Å². The number of primary amides is 1. The summed E-state index contributed by atoms with van der Waals surface area (Å²) < 4.78 is 1.58. The molecule has 4 rings (SSSR count). The zero-order chi connectivity index (χ0) is 20.4. The fourth-order valence-corrected chi connectivity index (χ4v) is 3.38. The maximum absolute atomic E-state index is 13.1. The first-order valence-electron chi connectivity index (χ1n) is 9.54. The molecular formula is C22H21N5O2. The van der Waals surface area contributed by atoms with Crippen LogP contribution in [0.5, 0.6) is 0 Å². The van der Waals surface area contributed by atoms with Crippen molar-refractivity contribution in [2.75, 3.05) is 5.32 Å². The molecule has 0 fully saturated rings. The van der Waals surface area contributed by atoms with Gasteiger partial charge in [-0.1, -0.05) is 49.7 Å². The number of nitrogens with zero attached hydrogens (tertiary/aromatic N) is 3. The van der Waals surface area contributed by atoms with Crippen LogP contribution in [0.1, 0.15) is 46.3 Å². The topological polar surface area (TPSA) is 102 Å². The van der Waals surface area contributed by atoms with Gasteiger partial charge in [0.15, 0.2) is 11.3 Å². The summed E-state index contributed by atoms with van der Waals surface area (Å²) >= 11 is 0. The molecule has 2 heterocycles. The van der Waals surface area contributed by atoms with E-state index < -0.39 is 5.91 Å².